The molecule has 0 unspecified atom stereocenters. The van der Waals surface area contributed by atoms with Gasteiger partial charge in [0.25, 0.3) is 15.9 Å². The van der Waals surface area contributed by atoms with Crippen LogP contribution in [0.5, 0.6) is 11.5 Å². The number of carbonyl (C=O) groups excluding carboxylic acids is 1. The van der Waals surface area contributed by atoms with Gasteiger partial charge in [-0.1, -0.05) is 6.92 Å². The molecule has 1 aliphatic rings. The summed E-state index contributed by atoms with van der Waals surface area (Å²) in [6, 6.07) is 14.2. The summed E-state index contributed by atoms with van der Waals surface area (Å²) in [4.78, 5) is 21.6. The Balaban J connectivity index is 1.62. The summed E-state index contributed by atoms with van der Waals surface area (Å²) >= 11 is 0. The van der Waals surface area contributed by atoms with Gasteiger partial charge in [0.1, 0.15) is 17.6 Å². The summed E-state index contributed by atoms with van der Waals surface area (Å²) in [6.45, 7) is 5.26. The Bertz CT molecular complexity index is 1400. The third-order valence-electron chi connectivity index (χ3n) is 6.98. The van der Waals surface area contributed by atoms with E-state index in [1.54, 1.807) is 48.5 Å². The number of nitrogens with one attached hydrogen (secondary N) is 1. The average Bonchev–Trinajstić information content (AvgIpc) is 2.95. The number of methoxy groups -OCH3 is 1. The van der Waals surface area contributed by atoms with Crippen LogP contribution in [0.3, 0.4) is 0 Å². The molecule has 0 bridgehead atoms. The fourth-order valence-electron chi connectivity index (χ4n) is 4.64. The molecule has 0 saturated carbocycles. The van der Waals surface area contributed by atoms with Crippen LogP contribution in [-0.4, -0.2) is 80.2 Å². The Morgan fingerprint density at radius 3 is 2.52 bits per heavy atom. The van der Waals surface area contributed by atoms with Crippen molar-refractivity contribution in [2.24, 2.45) is 5.92 Å². The molecule has 0 spiro atoms. The number of rotatable bonds is 10. The lowest BCUT2D eigenvalue weighted by Gasteiger charge is -2.38. The number of fused-ring (bicyclic) bond motifs is 1. The van der Waals surface area contributed by atoms with Gasteiger partial charge in [-0.2, -0.15) is 0 Å². The van der Waals surface area contributed by atoms with Gasteiger partial charge in [0, 0.05) is 43.6 Å². The predicted octanol–water partition coefficient (Wildman–Crippen LogP) is 3.24. The molecule has 2 N–H and O–H groups in total. The van der Waals surface area contributed by atoms with Gasteiger partial charge in [-0.3, -0.25) is 19.4 Å². The number of hydrogen-bond donors (Lipinski definition) is 2. The number of carbonyl (C=O) groups is 1. The number of anilines is 1. The normalized spacial score (nSPS) is 18.4. The van der Waals surface area contributed by atoms with E-state index in [1.165, 1.54) is 25.3 Å². The quantitative estimate of drug-likeness (QED) is 0.382. The second kappa shape index (κ2) is 12.7. The van der Waals surface area contributed by atoms with E-state index in [0.717, 1.165) is 5.56 Å². The van der Waals surface area contributed by atoms with Gasteiger partial charge in [0.2, 0.25) is 0 Å². The lowest BCUT2D eigenvalue weighted by Crippen LogP contribution is -2.49. The van der Waals surface area contributed by atoms with Crippen LogP contribution in [0.25, 0.3) is 0 Å². The first-order chi connectivity index (χ1) is 19.1. The minimum atomic E-state index is -3.92. The number of aliphatic hydroxyl groups is 1. The maximum absolute atomic E-state index is 13.7. The van der Waals surface area contributed by atoms with E-state index in [1.807, 2.05) is 26.1 Å². The molecule has 40 heavy (non-hydrogen) atoms. The predicted molar refractivity (Wildman–Crippen MR) is 152 cm³/mol. The number of nitrogens with zero attached hydrogens (tertiary/aromatic N) is 3. The van der Waals surface area contributed by atoms with Crippen molar-refractivity contribution in [3.05, 3.63) is 78.1 Å². The number of hydrogen-bond acceptors (Lipinski definition) is 8. The zero-order valence-electron chi connectivity index (χ0n) is 23.1. The Kier molecular flexibility index (Phi) is 9.28. The van der Waals surface area contributed by atoms with Gasteiger partial charge in [0.05, 0.1) is 30.2 Å². The molecule has 3 atom stereocenters. The van der Waals surface area contributed by atoms with E-state index < -0.39 is 16.1 Å². The van der Waals surface area contributed by atoms with E-state index in [0.29, 0.717) is 31.1 Å². The van der Waals surface area contributed by atoms with Crippen molar-refractivity contribution in [3.63, 3.8) is 0 Å². The molecule has 1 amide bonds. The molecule has 4 rings (SSSR count). The number of ether oxygens (including phenoxy) is 2. The van der Waals surface area contributed by atoms with Gasteiger partial charge < -0.3 is 19.5 Å². The van der Waals surface area contributed by atoms with Crippen LogP contribution >= 0.6 is 0 Å². The highest BCUT2D eigenvalue weighted by atomic mass is 32.2. The lowest BCUT2D eigenvalue weighted by molar-refractivity contribution is 0.0341. The van der Waals surface area contributed by atoms with Crippen LogP contribution in [0.2, 0.25) is 0 Å². The van der Waals surface area contributed by atoms with Crippen LogP contribution in [-0.2, 0) is 16.6 Å². The van der Waals surface area contributed by atoms with Gasteiger partial charge in [-0.25, -0.2) is 8.42 Å². The SMILES string of the molecule is COc1ccc(S(=O)(=O)Nc2ccc3c(c2)C(=O)N([C@@H](C)CO)C[C@H](C)[C@H](CN(C)Cc2ccncc2)O3)cc1. The van der Waals surface area contributed by atoms with Crippen LogP contribution in [0.4, 0.5) is 5.69 Å². The van der Waals surface area contributed by atoms with Crippen LogP contribution in [0, 0.1) is 5.92 Å². The van der Waals surface area contributed by atoms with E-state index in [9.17, 15) is 18.3 Å². The molecule has 0 radical (unpaired) electrons. The first-order valence-corrected chi connectivity index (χ1v) is 14.6. The largest absolute Gasteiger partial charge is 0.497 e. The summed E-state index contributed by atoms with van der Waals surface area (Å²) in [7, 11) is -0.410. The minimum absolute atomic E-state index is 0.0424. The summed E-state index contributed by atoms with van der Waals surface area (Å²) in [5.41, 5.74) is 1.57. The molecule has 11 heteroatoms. The number of pyridine rings is 1. The molecule has 1 aliphatic heterocycles. The lowest BCUT2D eigenvalue weighted by atomic mass is 9.99. The van der Waals surface area contributed by atoms with Crippen molar-refractivity contribution >= 4 is 21.6 Å². The maximum Gasteiger partial charge on any atom is 0.261 e. The van der Waals surface area contributed by atoms with Crippen molar-refractivity contribution < 1.29 is 27.8 Å². The molecule has 0 aliphatic carbocycles. The van der Waals surface area contributed by atoms with Gasteiger partial charge in [0.15, 0.2) is 0 Å². The van der Waals surface area contributed by atoms with E-state index in [2.05, 4.69) is 14.6 Å². The number of benzene rings is 2. The maximum atomic E-state index is 13.7. The second-order valence-electron chi connectivity index (χ2n) is 10.2. The number of amides is 1. The summed E-state index contributed by atoms with van der Waals surface area (Å²) in [5, 5.41) is 9.91. The zero-order chi connectivity index (χ0) is 28.9. The van der Waals surface area contributed by atoms with Crippen molar-refractivity contribution in [2.45, 2.75) is 37.4 Å². The monoisotopic (exact) mass is 568 g/mol. The summed E-state index contributed by atoms with van der Waals surface area (Å²) in [6.07, 6.45) is 3.25. The fourth-order valence-corrected chi connectivity index (χ4v) is 5.69. The smallest absolute Gasteiger partial charge is 0.261 e. The molecule has 214 valence electrons. The third-order valence-corrected chi connectivity index (χ3v) is 8.38. The summed E-state index contributed by atoms with van der Waals surface area (Å²) < 4.78 is 40.2. The molecular formula is C29H36N4O6S. The van der Waals surface area contributed by atoms with E-state index >= 15 is 0 Å². The molecular weight excluding hydrogens is 532 g/mol. The Hall–Kier alpha value is -3.67. The molecule has 2 heterocycles. The molecule has 1 aromatic heterocycles. The fraction of sp³-hybridized carbons (Fsp3) is 0.379. The Morgan fingerprint density at radius 1 is 1.18 bits per heavy atom. The van der Waals surface area contributed by atoms with Gasteiger partial charge in [-0.15, -0.1) is 0 Å². The van der Waals surface area contributed by atoms with Crippen LogP contribution in [0.1, 0.15) is 29.8 Å². The summed E-state index contributed by atoms with van der Waals surface area (Å²) in [5.74, 6) is 0.522. The number of aliphatic hydroxyl groups excluding tert-OH is 1. The van der Waals surface area contributed by atoms with Crippen molar-refractivity contribution in [1.82, 2.24) is 14.8 Å². The molecule has 2 aromatic carbocycles. The number of aromatic nitrogens is 1. The average molecular weight is 569 g/mol. The highest BCUT2D eigenvalue weighted by Gasteiger charge is 2.33. The molecule has 0 saturated heterocycles. The number of likely N-dealkylation sites (N-methyl/N-ethyl adjacent to an activating group) is 1. The van der Waals surface area contributed by atoms with E-state index in [-0.39, 0.29) is 40.7 Å². The zero-order valence-corrected chi connectivity index (χ0v) is 24.0. The topological polar surface area (TPSA) is 121 Å². The molecule has 3 aromatic rings. The Morgan fingerprint density at radius 2 is 1.88 bits per heavy atom. The van der Waals surface area contributed by atoms with Crippen molar-refractivity contribution in [2.75, 3.05) is 38.6 Å². The first-order valence-electron chi connectivity index (χ1n) is 13.1. The van der Waals surface area contributed by atoms with Crippen LogP contribution in [0.15, 0.2) is 71.9 Å². The highest BCUT2D eigenvalue weighted by molar-refractivity contribution is 7.92. The van der Waals surface area contributed by atoms with Crippen molar-refractivity contribution in [1.29, 1.82) is 0 Å². The number of sulfonamides is 1. The van der Waals surface area contributed by atoms with E-state index in [4.69, 9.17) is 9.47 Å². The van der Waals surface area contributed by atoms with Gasteiger partial charge >= 0.3 is 0 Å². The minimum Gasteiger partial charge on any atom is -0.497 e. The second-order valence-corrected chi connectivity index (χ2v) is 11.8. The molecule has 0 fully saturated rings. The van der Waals surface area contributed by atoms with Crippen LogP contribution < -0.4 is 14.2 Å². The van der Waals surface area contributed by atoms with Gasteiger partial charge in [-0.05, 0) is 74.1 Å². The first kappa shape index (κ1) is 29.3. The standard InChI is InChI=1S/C29H36N4O6S/c1-20-16-33(21(2)19-34)29(35)26-15-23(31-40(36,37)25-8-6-24(38-4)7-9-25)5-10-27(26)39-28(20)18-32(3)17-22-11-13-30-14-12-22/h5-15,20-21,28,31,34H,16-19H2,1-4H3/t20-,21-,28-/m0/s1. The highest BCUT2D eigenvalue weighted by Crippen LogP contribution is 2.31. The third kappa shape index (κ3) is 6.90. The van der Waals surface area contributed by atoms with Crippen molar-refractivity contribution in [3.8, 4) is 11.5 Å². The molecule has 10 nitrogen and oxygen atoms in total. The Labute approximate surface area is 235 Å².